The first-order chi connectivity index (χ1) is 7.84. The third-order valence-corrected chi connectivity index (χ3v) is 3.81. The summed E-state index contributed by atoms with van der Waals surface area (Å²) in [5, 5.41) is 8.95. The number of aromatic nitrogens is 2. The zero-order valence-corrected chi connectivity index (χ0v) is 9.96. The number of benzene rings is 1. The van der Waals surface area contributed by atoms with Crippen LogP contribution in [0.2, 0.25) is 4.47 Å². The number of para-hydroxylation sites is 1. The minimum Gasteiger partial charge on any atom is -0.493 e. The SMILES string of the molecule is Clc1nnc(C2CCOc3ccccc32)s1. The van der Waals surface area contributed by atoms with E-state index in [-0.39, 0.29) is 5.92 Å². The van der Waals surface area contributed by atoms with Gasteiger partial charge in [-0.3, -0.25) is 0 Å². The zero-order valence-electron chi connectivity index (χ0n) is 8.39. The molecule has 1 aromatic heterocycles. The van der Waals surface area contributed by atoms with Gasteiger partial charge >= 0.3 is 0 Å². The van der Waals surface area contributed by atoms with E-state index in [1.54, 1.807) is 0 Å². The van der Waals surface area contributed by atoms with Crippen LogP contribution in [0.4, 0.5) is 0 Å². The molecule has 3 rings (SSSR count). The second-order valence-corrected chi connectivity index (χ2v) is 5.21. The smallest absolute Gasteiger partial charge is 0.207 e. The van der Waals surface area contributed by atoms with Crippen molar-refractivity contribution < 1.29 is 4.74 Å². The monoisotopic (exact) mass is 252 g/mol. The lowest BCUT2D eigenvalue weighted by atomic mass is 9.94. The van der Waals surface area contributed by atoms with Crippen molar-refractivity contribution in [2.45, 2.75) is 12.3 Å². The molecule has 1 atom stereocenters. The Morgan fingerprint density at radius 2 is 2.19 bits per heavy atom. The van der Waals surface area contributed by atoms with Crippen molar-refractivity contribution in [3.05, 3.63) is 39.3 Å². The average Bonchev–Trinajstić information content (AvgIpc) is 2.75. The Balaban J connectivity index is 2.04. The summed E-state index contributed by atoms with van der Waals surface area (Å²) in [4.78, 5) is 0. The Morgan fingerprint density at radius 1 is 1.31 bits per heavy atom. The fraction of sp³-hybridized carbons (Fsp3) is 0.273. The van der Waals surface area contributed by atoms with Crippen LogP contribution in [-0.2, 0) is 0 Å². The van der Waals surface area contributed by atoms with Gasteiger partial charge < -0.3 is 4.74 Å². The van der Waals surface area contributed by atoms with E-state index in [2.05, 4.69) is 16.3 Å². The molecule has 1 aromatic carbocycles. The van der Waals surface area contributed by atoms with Crippen LogP contribution in [0.5, 0.6) is 5.75 Å². The van der Waals surface area contributed by atoms with Crippen molar-refractivity contribution in [1.29, 1.82) is 0 Å². The highest BCUT2D eigenvalue weighted by molar-refractivity contribution is 7.15. The molecule has 0 bridgehead atoms. The summed E-state index contributed by atoms with van der Waals surface area (Å²) in [6.07, 6.45) is 0.933. The molecule has 1 aliphatic heterocycles. The number of fused-ring (bicyclic) bond motifs is 1. The third kappa shape index (κ3) is 1.68. The van der Waals surface area contributed by atoms with E-state index in [1.165, 1.54) is 16.9 Å². The molecule has 1 unspecified atom stereocenters. The van der Waals surface area contributed by atoms with Gasteiger partial charge in [0.25, 0.3) is 0 Å². The van der Waals surface area contributed by atoms with E-state index in [0.29, 0.717) is 4.47 Å². The summed E-state index contributed by atoms with van der Waals surface area (Å²) in [7, 11) is 0. The zero-order chi connectivity index (χ0) is 11.0. The van der Waals surface area contributed by atoms with E-state index in [9.17, 15) is 0 Å². The Morgan fingerprint density at radius 3 is 3.00 bits per heavy atom. The molecule has 2 heterocycles. The van der Waals surface area contributed by atoms with Gasteiger partial charge in [0, 0.05) is 11.5 Å². The number of rotatable bonds is 1. The first-order valence-electron chi connectivity index (χ1n) is 5.05. The highest BCUT2D eigenvalue weighted by Gasteiger charge is 2.25. The van der Waals surface area contributed by atoms with Gasteiger partial charge in [-0.25, -0.2) is 0 Å². The molecule has 0 amide bonds. The van der Waals surface area contributed by atoms with Gasteiger partial charge in [0.2, 0.25) is 4.47 Å². The molecule has 0 aliphatic carbocycles. The van der Waals surface area contributed by atoms with Gasteiger partial charge in [0.1, 0.15) is 10.8 Å². The molecule has 0 spiro atoms. The third-order valence-electron chi connectivity index (χ3n) is 2.67. The maximum absolute atomic E-state index is 5.82. The molecule has 1 aliphatic rings. The van der Waals surface area contributed by atoms with Crippen LogP contribution in [0.25, 0.3) is 0 Å². The van der Waals surface area contributed by atoms with E-state index in [1.807, 2.05) is 18.2 Å². The van der Waals surface area contributed by atoms with Crippen LogP contribution in [0.3, 0.4) is 0 Å². The van der Waals surface area contributed by atoms with Crippen molar-refractivity contribution >= 4 is 22.9 Å². The minimum absolute atomic E-state index is 0.273. The molecule has 0 radical (unpaired) electrons. The molecule has 0 fully saturated rings. The Bertz CT molecular complexity index is 514. The maximum Gasteiger partial charge on any atom is 0.207 e. The second kappa shape index (κ2) is 4.03. The summed E-state index contributed by atoms with van der Waals surface area (Å²) in [6, 6.07) is 8.07. The summed E-state index contributed by atoms with van der Waals surface area (Å²) in [6.45, 7) is 0.721. The van der Waals surface area contributed by atoms with E-state index in [0.717, 1.165) is 23.8 Å². The van der Waals surface area contributed by atoms with Gasteiger partial charge in [0.15, 0.2) is 0 Å². The van der Waals surface area contributed by atoms with Crippen molar-refractivity contribution in [2.24, 2.45) is 0 Å². The van der Waals surface area contributed by atoms with Gasteiger partial charge in [-0.05, 0) is 24.1 Å². The Labute approximate surface area is 102 Å². The molecular formula is C11H9ClN2OS. The van der Waals surface area contributed by atoms with Gasteiger partial charge in [-0.1, -0.05) is 29.5 Å². The normalized spacial score (nSPS) is 18.9. The van der Waals surface area contributed by atoms with Crippen LogP contribution in [0.15, 0.2) is 24.3 Å². The molecule has 0 saturated heterocycles. The lowest BCUT2D eigenvalue weighted by molar-refractivity contribution is 0.276. The number of hydrogen-bond acceptors (Lipinski definition) is 4. The predicted octanol–water partition coefficient (Wildman–Crippen LogP) is 3.11. The van der Waals surface area contributed by atoms with Crippen molar-refractivity contribution in [1.82, 2.24) is 10.2 Å². The molecule has 0 saturated carbocycles. The molecule has 16 heavy (non-hydrogen) atoms. The quantitative estimate of drug-likeness (QED) is 0.782. The van der Waals surface area contributed by atoms with E-state index < -0.39 is 0 Å². The lowest BCUT2D eigenvalue weighted by Crippen LogP contribution is -2.14. The summed E-state index contributed by atoms with van der Waals surface area (Å²) in [5.41, 5.74) is 1.18. The molecule has 5 heteroatoms. The Hall–Kier alpha value is -1.13. The highest BCUT2D eigenvalue weighted by Crippen LogP contribution is 2.39. The highest BCUT2D eigenvalue weighted by atomic mass is 35.5. The molecule has 2 aromatic rings. The van der Waals surface area contributed by atoms with Crippen LogP contribution < -0.4 is 4.74 Å². The lowest BCUT2D eigenvalue weighted by Gasteiger charge is -2.23. The summed E-state index contributed by atoms with van der Waals surface area (Å²) >= 11 is 7.27. The van der Waals surface area contributed by atoms with Crippen molar-refractivity contribution in [2.75, 3.05) is 6.61 Å². The molecular weight excluding hydrogens is 244 g/mol. The molecule has 82 valence electrons. The van der Waals surface area contributed by atoms with Crippen LogP contribution in [0.1, 0.15) is 22.9 Å². The van der Waals surface area contributed by atoms with Gasteiger partial charge in [0.05, 0.1) is 6.61 Å². The first-order valence-corrected chi connectivity index (χ1v) is 6.24. The topological polar surface area (TPSA) is 35.0 Å². The number of nitrogens with zero attached hydrogens (tertiary/aromatic N) is 2. The molecule has 3 nitrogen and oxygen atoms in total. The van der Waals surface area contributed by atoms with Crippen molar-refractivity contribution in [3.63, 3.8) is 0 Å². The Kier molecular flexibility index (Phi) is 2.53. The van der Waals surface area contributed by atoms with Crippen LogP contribution >= 0.6 is 22.9 Å². The predicted molar refractivity (Wildman–Crippen MR) is 63.3 cm³/mol. The van der Waals surface area contributed by atoms with Crippen molar-refractivity contribution in [3.8, 4) is 5.75 Å². The molecule has 0 N–H and O–H groups in total. The summed E-state index contributed by atoms with van der Waals surface area (Å²) < 4.78 is 6.10. The van der Waals surface area contributed by atoms with Gasteiger partial charge in [-0.2, -0.15) is 0 Å². The number of ether oxygens (including phenoxy) is 1. The minimum atomic E-state index is 0.273. The maximum atomic E-state index is 5.82. The fourth-order valence-corrected chi connectivity index (χ4v) is 2.95. The van der Waals surface area contributed by atoms with Crippen LogP contribution in [0, 0.1) is 0 Å². The largest absolute Gasteiger partial charge is 0.493 e. The average molecular weight is 253 g/mol. The first kappa shape index (κ1) is 10.1. The standard InChI is InChI=1S/C11H9ClN2OS/c12-11-14-13-10(16-11)8-5-6-15-9-4-2-1-3-7(8)9/h1-4,8H,5-6H2. The van der Waals surface area contributed by atoms with E-state index in [4.69, 9.17) is 16.3 Å². The fourth-order valence-electron chi connectivity index (χ4n) is 1.96. The number of hydrogen-bond donors (Lipinski definition) is 0. The van der Waals surface area contributed by atoms with E-state index >= 15 is 0 Å². The van der Waals surface area contributed by atoms with Crippen LogP contribution in [-0.4, -0.2) is 16.8 Å². The summed E-state index contributed by atoms with van der Waals surface area (Å²) in [5.74, 6) is 1.22. The second-order valence-electron chi connectivity index (χ2n) is 3.62. The van der Waals surface area contributed by atoms with Gasteiger partial charge in [-0.15, -0.1) is 10.2 Å². The number of halogens is 1.